The van der Waals surface area contributed by atoms with Crippen LogP contribution in [0.3, 0.4) is 0 Å². The van der Waals surface area contributed by atoms with Crippen LogP contribution in [0, 0.1) is 6.92 Å². The summed E-state index contributed by atoms with van der Waals surface area (Å²) in [6.07, 6.45) is 2.50. The smallest absolute Gasteiger partial charge is 0.339 e. The van der Waals surface area contributed by atoms with E-state index in [1.165, 1.54) is 30.3 Å². The van der Waals surface area contributed by atoms with Crippen LogP contribution in [0.15, 0.2) is 30.3 Å². The molecule has 0 spiro atoms. The Hall–Kier alpha value is -2.01. The summed E-state index contributed by atoms with van der Waals surface area (Å²) in [7, 11) is 0. The summed E-state index contributed by atoms with van der Waals surface area (Å²) >= 11 is 18.0. The molecule has 2 N–H and O–H groups in total. The maximum atomic E-state index is 12.3. The Morgan fingerprint density at radius 1 is 1.04 bits per heavy atom. The number of benzene rings is 2. The SMILES string of the molecule is Cc1cc(C(=O)O)c(O)c(C(=O)/C=C/c2c(Cl)ccc(Cl)c2Cl)c1. The van der Waals surface area contributed by atoms with E-state index in [0.717, 1.165) is 6.08 Å². The van der Waals surface area contributed by atoms with E-state index in [0.29, 0.717) is 16.1 Å². The summed E-state index contributed by atoms with van der Waals surface area (Å²) in [5, 5.41) is 19.8. The predicted octanol–water partition coefficient (Wildman–Crippen LogP) is 5.26. The van der Waals surface area contributed by atoms with Crippen LogP contribution in [0.1, 0.15) is 31.8 Å². The lowest BCUT2D eigenvalue weighted by Crippen LogP contribution is -2.03. The molecule has 2 rings (SSSR count). The monoisotopic (exact) mass is 384 g/mol. The minimum absolute atomic E-state index is 0.127. The lowest BCUT2D eigenvalue weighted by molar-refractivity contribution is 0.0693. The summed E-state index contributed by atoms with van der Waals surface area (Å²) in [5.74, 6) is -2.51. The molecule has 0 saturated carbocycles. The van der Waals surface area contributed by atoms with E-state index in [9.17, 15) is 14.7 Å². The molecule has 0 bridgehead atoms. The Bertz CT molecular complexity index is 873. The lowest BCUT2D eigenvalue weighted by Gasteiger charge is -2.07. The van der Waals surface area contributed by atoms with Gasteiger partial charge in [-0.25, -0.2) is 4.79 Å². The molecule has 0 radical (unpaired) electrons. The van der Waals surface area contributed by atoms with E-state index in [-0.39, 0.29) is 21.2 Å². The van der Waals surface area contributed by atoms with Crippen molar-refractivity contribution in [3.63, 3.8) is 0 Å². The van der Waals surface area contributed by atoms with Crippen molar-refractivity contribution in [1.29, 1.82) is 0 Å². The molecule has 124 valence electrons. The van der Waals surface area contributed by atoms with E-state index < -0.39 is 17.5 Å². The number of carboxylic acids is 1. The van der Waals surface area contributed by atoms with Crippen LogP contribution in [0.5, 0.6) is 5.75 Å². The third kappa shape index (κ3) is 3.73. The fourth-order valence-electron chi connectivity index (χ4n) is 2.07. The highest BCUT2D eigenvalue weighted by atomic mass is 35.5. The first-order chi connectivity index (χ1) is 11.2. The summed E-state index contributed by atoms with van der Waals surface area (Å²) < 4.78 is 0. The van der Waals surface area contributed by atoms with Gasteiger partial charge in [0.2, 0.25) is 0 Å². The quantitative estimate of drug-likeness (QED) is 0.428. The Balaban J connectivity index is 2.45. The number of aromatic carboxylic acids is 1. The Morgan fingerprint density at radius 2 is 1.62 bits per heavy atom. The molecule has 0 unspecified atom stereocenters. The van der Waals surface area contributed by atoms with Crippen LogP contribution in [0.25, 0.3) is 6.08 Å². The summed E-state index contributed by atoms with van der Waals surface area (Å²) in [6.45, 7) is 1.62. The Morgan fingerprint density at radius 3 is 2.25 bits per heavy atom. The number of ketones is 1. The highest BCUT2D eigenvalue weighted by Crippen LogP contribution is 2.33. The average Bonchev–Trinajstić information content (AvgIpc) is 2.52. The van der Waals surface area contributed by atoms with Crippen LogP contribution in [0.2, 0.25) is 15.1 Å². The first-order valence-electron chi connectivity index (χ1n) is 6.65. The largest absolute Gasteiger partial charge is 0.506 e. The molecule has 0 fully saturated rings. The number of carboxylic acid groups (broad SMARTS) is 1. The molecule has 0 saturated heterocycles. The molecule has 2 aromatic rings. The van der Waals surface area contributed by atoms with E-state index in [1.54, 1.807) is 6.92 Å². The zero-order valence-corrected chi connectivity index (χ0v) is 14.6. The molecule has 0 aliphatic heterocycles. The Labute approximate surface area is 152 Å². The van der Waals surface area contributed by atoms with Gasteiger partial charge in [0.15, 0.2) is 5.78 Å². The van der Waals surface area contributed by atoms with Gasteiger partial charge in [0.1, 0.15) is 11.3 Å². The van der Waals surface area contributed by atoms with Gasteiger partial charge in [0.25, 0.3) is 0 Å². The number of carbonyl (C=O) groups excluding carboxylic acids is 1. The van der Waals surface area contributed by atoms with Crippen molar-refractivity contribution in [2.45, 2.75) is 6.92 Å². The van der Waals surface area contributed by atoms with Crippen molar-refractivity contribution in [2.75, 3.05) is 0 Å². The number of phenols is 1. The number of aryl methyl sites for hydroxylation is 1. The summed E-state index contributed by atoms with van der Waals surface area (Å²) in [6, 6.07) is 5.74. The van der Waals surface area contributed by atoms with Crippen molar-refractivity contribution in [1.82, 2.24) is 0 Å². The fourth-order valence-corrected chi connectivity index (χ4v) is 2.74. The number of aromatic hydroxyl groups is 1. The van der Waals surface area contributed by atoms with Crippen molar-refractivity contribution < 1.29 is 19.8 Å². The molecule has 0 aliphatic carbocycles. The van der Waals surface area contributed by atoms with Crippen LogP contribution < -0.4 is 0 Å². The van der Waals surface area contributed by atoms with Crippen molar-refractivity contribution >= 4 is 52.6 Å². The molecule has 2 aromatic carbocycles. The molecular weight excluding hydrogens is 375 g/mol. The van der Waals surface area contributed by atoms with Crippen molar-refractivity contribution in [3.8, 4) is 5.75 Å². The molecule has 0 aliphatic rings. The number of halogens is 3. The molecular formula is C17H11Cl3O4. The predicted molar refractivity (Wildman–Crippen MR) is 94.6 cm³/mol. The maximum absolute atomic E-state index is 12.3. The minimum Gasteiger partial charge on any atom is -0.506 e. The lowest BCUT2D eigenvalue weighted by atomic mass is 10.0. The molecule has 0 atom stereocenters. The molecule has 7 heteroatoms. The summed E-state index contributed by atoms with van der Waals surface area (Å²) in [4.78, 5) is 23.4. The van der Waals surface area contributed by atoms with Gasteiger partial charge < -0.3 is 10.2 Å². The van der Waals surface area contributed by atoms with Gasteiger partial charge in [-0.1, -0.05) is 34.8 Å². The highest BCUT2D eigenvalue weighted by molar-refractivity contribution is 6.44. The van der Waals surface area contributed by atoms with Gasteiger partial charge in [0, 0.05) is 10.6 Å². The highest BCUT2D eigenvalue weighted by Gasteiger charge is 2.18. The number of rotatable bonds is 4. The molecule has 0 heterocycles. The topological polar surface area (TPSA) is 74.6 Å². The first-order valence-corrected chi connectivity index (χ1v) is 7.78. The maximum Gasteiger partial charge on any atom is 0.339 e. The van der Waals surface area contributed by atoms with Gasteiger partial charge in [-0.15, -0.1) is 0 Å². The standard InChI is InChI=1S/C17H11Cl3O4/c1-8-6-10(16(22)11(7-8)17(23)24)14(21)5-2-9-12(18)3-4-13(19)15(9)20/h2-7,22H,1H3,(H,23,24)/b5-2+. The second-order valence-electron chi connectivity index (χ2n) is 4.97. The number of carbonyl (C=O) groups is 2. The normalized spacial score (nSPS) is 11.0. The van der Waals surface area contributed by atoms with Gasteiger partial charge in [0.05, 0.1) is 15.6 Å². The molecule has 0 amide bonds. The summed E-state index contributed by atoms with van der Waals surface area (Å²) in [5.41, 5.74) is 0.411. The van der Waals surface area contributed by atoms with Crippen molar-refractivity contribution in [3.05, 3.63) is 67.7 Å². The average molecular weight is 386 g/mol. The van der Waals surface area contributed by atoms with Gasteiger partial charge in [-0.3, -0.25) is 4.79 Å². The zero-order chi connectivity index (χ0) is 18.0. The fraction of sp³-hybridized carbons (Fsp3) is 0.0588. The van der Waals surface area contributed by atoms with E-state index in [1.807, 2.05) is 0 Å². The molecule has 4 nitrogen and oxygen atoms in total. The van der Waals surface area contributed by atoms with Crippen LogP contribution in [0.4, 0.5) is 0 Å². The number of hydrogen-bond acceptors (Lipinski definition) is 3. The molecule has 24 heavy (non-hydrogen) atoms. The number of hydrogen-bond donors (Lipinski definition) is 2. The van der Waals surface area contributed by atoms with Crippen LogP contribution in [-0.2, 0) is 0 Å². The third-order valence-electron chi connectivity index (χ3n) is 3.23. The van der Waals surface area contributed by atoms with E-state index in [4.69, 9.17) is 39.9 Å². The van der Waals surface area contributed by atoms with Gasteiger partial charge >= 0.3 is 5.97 Å². The van der Waals surface area contributed by atoms with Crippen molar-refractivity contribution in [2.24, 2.45) is 0 Å². The first kappa shape index (κ1) is 18.3. The van der Waals surface area contributed by atoms with Crippen LogP contribution >= 0.6 is 34.8 Å². The molecule has 0 aromatic heterocycles. The number of allylic oxidation sites excluding steroid dienone is 1. The minimum atomic E-state index is -1.32. The van der Waals surface area contributed by atoms with Crippen LogP contribution in [-0.4, -0.2) is 22.0 Å². The second kappa shape index (κ2) is 7.26. The van der Waals surface area contributed by atoms with E-state index >= 15 is 0 Å². The van der Waals surface area contributed by atoms with Gasteiger partial charge in [-0.05, 0) is 48.9 Å². The Kier molecular flexibility index (Phi) is 5.54. The van der Waals surface area contributed by atoms with E-state index in [2.05, 4.69) is 0 Å². The third-order valence-corrected chi connectivity index (χ3v) is 4.38. The zero-order valence-electron chi connectivity index (χ0n) is 12.3. The second-order valence-corrected chi connectivity index (χ2v) is 6.16. The van der Waals surface area contributed by atoms with Gasteiger partial charge in [-0.2, -0.15) is 0 Å².